The smallest absolute Gasteiger partial charge is 0.165 e. The van der Waals surface area contributed by atoms with Crippen molar-refractivity contribution in [2.24, 2.45) is 11.3 Å². The van der Waals surface area contributed by atoms with Crippen molar-refractivity contribution in [3.8, 4) is 11.5 Å². The van der Waals surface area contributed by atoms with Crippen molar-refractivity contribution in [3.05, 3.63) is 35.4 Å². The van der Waals surface area contributed by atoms with Crippen LogP contribution >= 0.6 is 0 Å². The van der Waals surface area contributed by atoms with Gasteiger partial charge in [0.25, 0.3) is 0 Å². The van der Waals surface area contributed by atoms with Crippen molar-refractivity contribution < 1.29 is 19.7 Å². The molecule has 5 nitrogen and oxygen atoms in total. The molecule has 30 heavy (non-hydrogen) atoms. The average Bonchev–Trinajstić information content (AvgIpc) is 3.09. The summed E-state index contributed by atoms with van der Waals surface area (Å²) in [5.74, 6) is 0.823. The van der Waals surface area contributed by atoms with Gasteiger partial charge in [0.2, 0.25) is 0 Å². The number of nitrogens with zero attached hydrogens (tertiary/aromatic N) is 1. The van der Waals surface area contributed by atoms with Gasteiger partial charge in [-0.25, -0.2) is 0 Å². The molecule has 2 heterocycles. The number of rotatable bonds is 4. The van der Waals surface area contributed by atoms with E-state index < -0.39 is 11.2 Å². The molecule has 2 spiro atoms. The summed E-state index contributed by atoms with van der Waals surface area (Å²) in [4.78, 5) is 2.51. The van der Waals surface area contributed by atoms with E-state index in [1.807, 2.05) is 6.92 Å². The molecule has 7 rings (SSSR count). The number of fused-ring (bicyclic) bond motifs is 1. The Bertz CT molecular complexity index is 957. The van der Waals surface area contributed by atoms with Crippen LogP contribution < -0.4 is 4.74 Å². The first kappa shape index (κ1) is 19.1. The van der Waals surface area contributed by atoms with Crippen molar-refractivity contribution in [3.63, 3.8) is 0 Å². The number of benzene rings is 1. The molecule has 1 aromatic carbocycles. The molecule has 0 aromatic heterocycles. The van der Waals surface area contributed by atoms with Crippen LogP contribution in [0.1, 0.15) is 50.7 Å². The lowest BCUT2D eigenvalue weighted by molar-refractivity contribution is -0.247. The Morgan fingerprint density at radius 1 is 1.33 bits per heavy atom. The quantitative estimate of drug-likeness (QED) is 0.746. The van der Waals surface area contributed by atoms with Gasteiger partial charge in [0.1, 0.15) is 11.7 Å². The van der Waals surface area contributed by atoms with Crippen molar-refractivity contribution >= 4 is 0 Å². The Balaban J connectivity index is 1.66. The van der Waals surface area contributed by atoms with E-state index in [2.05, 4.69) is 37.1 Å². The van der Waals surface area contributed by atoms with E-state index >= 15 is 0 Å². The summed E-state index contributed by atoms with van der Waals surface area (Å²) in [7, 11) is 4.00. The lowest BCUT2D eigenvalue weighted by Gasteiger charge is -2.72. The number of likely N-dealkylation sites (tertiary alicyclic amines) is 1. The number of phenolic OH excluding ortho intramolecular Hbond substituents is 1. The molecule has 2 fully saturated rings. The number of hydrogen-bond donors (Lipinski definition) is 2. The Kier molecular flexibility index (Phi) is 3.59. The van der Waals surface area contributed by atoms with Crippen LogP contribution in [-0.2, 0) is 16.6 Å². The molecule has 4 aliphatic carbocycles. The molecule has 1 aromatic rings. The second kappa shape index (κ2) is 5.62. The topological polar surface area (TPSA) is 62.2 Å². The first-order valence-corrected chi connectivity index (χ1v) is 11.5. The number of aliphatic hydroxyl groups is 1. The van der Waals surface area contributed by atoms with Gasteiger partial charge in [0.15, 0.2) is 11.5 Å². The van der Waals surface area contributed by atoms with Crippen LogP contribution in [0.3, 0.4) is 0 Å². The zero-order chi connectivity index (χ0) is 21.1. The number of piperidine rings is 1. The summed E-state index contributed by atoms with van der Waals surface area (Å²) in [6.45, 7) is 5.11. The van der Waals surface area contributed by atoms with E-state index in [-0.39, 0.29) is 28.6 Å². The third kappa shape index (κ3) is 1.80. The maximum atomic E-state index is 11.7. The molecule has 7 atom stereocenters. The van der Waals surface area contributed by atoms with Gasteiger partial charge in [-0.15, -0.1) is 0 Å². The van der Waals surface area contributed by atoms with Crippen LogP contribution in [0.5, 0.6) is 11.5 Å². The minimum atomic E-state index is -0.850. The fourth-order valence-electron chi connectivity index (χ4n) is 8.44. The Labute approximate surface area is 178 Å². The highest BCUT2D eigenvalue weighted by Gasteiger charge is 2.80. The lowest BCUT2D eigenvalue weighted by atomic mass is 9.36. The summed E-state index contributed by atoms with van der Waals surface area (Å²) in [5.41, 5.74) is 0.625. The van der Waals surface area contributed by atoms with Crippen molar-refractivity contribution in [2.45, 2.75) is 74.7 Å². The lowest BCUT2D eigenvalue weighted by Crippen LogP contribution is -2.80. The Morgan fingerprint density at radius 2 is 2.13 bits per heavy atom. The predicted octanol–water partition coefficient (Wildman–Crippen LogP) is 3.16. The Hall–Kier alpha value is -1.56. The number of likely N-dealkylation sites (N-methyl/N-ethyl adjacent to an activating group) is 1. The standard InChI is InChI=1S/C25H33NO4/c1-5-8-22(2,28)17-14-23-9-10-25(17,29-4)21-24(23)11-12-26(3)18(23)13-15-6-7-16(27)20(30-21)19(15)24/h6-7,9-10,17-18,21,27-28H,5,8,11-14H2,1-4H3/t17?,18-,21-,22-,23+,24+,25+/m1/s1. The minimum absolute atomic E-state index is 0.0647. The first-order valence-electron chi connectivity index (χ1n) is 11.5. The number of phenols is 1. The van der Waals surface area contributed by atoms with E-state index in [1.54, 1.807) is 13.2 Å². The number of aromatic hydroxyl groups is 1. The van der Waals surface area contributed by atoms with Gasteiger partial charge < -0.3 is 24.6 Å². The highest BCUT2D eigenvalue weighted by molar-refractivity contribution is 5.65. The molecule has 2 N–H and O–H groups in total. The average molecular weight is 412 g/mol. The van der Waals surface area contributed by atoms with Gasteiger partial charge >= 0.3 is 0 Å². The third-order valence-electron chi connectivity index (χ3n) is 9.58. The maximum absolute atomic E-state index is 11.7. The van der Waals surface area contributed by atoms with E-state index in [0.717, 1.165) is 38.6 Å². The summed E-state index contributed by atoms with van der Waals surface area (Å²) >= 11 is 0. The van der Waals surface area contributed by atoms with Gasteiger partial charge in [-0.05, 0) is 57.8 Å². The zero-order valence-corrected chi connectivity index (χ0v) is 18.4. The SMILES string of the molecule is CCC[C@@](C)(O)C1C[C@]23C=C[C@@]1(OC)[C@@H]1Oc4c(O)ccc5c4[C@@]12CCN(C)[C@@H]3C5. The van der Waals surface area contributed by atoms with Gasteiger partial charge in [0, 0.05) is 30.0 Å². The fourth-order valence-corrected chi connectivity index (χ4v) is 8.44. The van der Waals surface area contributed by atoms with Crippen molar-refractivity contribution in [1.82, 2.24) is 4.90 Å². The van der Waals surface area contributed by atoms with E-state index in [4.69, 9.17) is 9.47 Å². The molecular weight excluding hydrogens is 378 g/mol. The second-order valence-electron chi connectivity index (χ2n) is 10.7. The van der Waals surface area contributed by atoms with E-state index in [0.29, 0.717) is 11.8 Å². The minimum Gasteiger partial charge on any atom is -0.504 e. The fraction of sp³-hybridized carbons (Fsp3) is 0.680. The summed E-state index contributed by atoms with van der Waals surface area (Å²) in [6.07, 6.45) is 8.86. The molecule has 1 unspecified atom stereocenters. The summed E-state index contributed by atoms with van der Waals surface area (Å²) < 4.78 is 13.1. The van der Waals surface area contributed by atoms with Gasteiger partial charge in [-0.3, -0.25) is 0 Å². The second-order valence-corrected chi connectivity index (χ2v) is 10.7. The number of hydrogen-bond acceptors (Lipinski definition) is 5. The molecule has 5 heteroatoms. The molecule has 0 radical (unpaired) electrons. The van der Waals surface area contributed by atoms with Gasteiger partial charge in [-0.2, -0.15) is 0 Å². The summed E-state index contributed by atoms with van der Waals surface area (Å²) in [5, 5.41) is 22.4. The largest absolute Gasteiger partial charge is 0.504 e. The predicted molar refractivity (Wildman–Crippen MR) is 114 cm³/mol. The molecule has 1 saturated heterocycles. The number of ether oxygens (including phenoxy) is 2. The van der Waals surface area contributed by atoms with E-state index in [1.165, 1.54) is 11.1 Å². The van der Waals surface area contributed by atoms with Crippen LogP contribution in [0, 0.1) is 11.3 Å². The first-order chi connectivity index (χ1) is 14.3. The monoisotopic (exact) mass is 411 g/mol. The third-order valence-corrected chi connectivity index (χ3v) is 9.58. The van der Waals surface area contributed by atoms with Crippen molar-refractivity contribution in [2.75, 3.05) is 20.7 Å². The van der Waals surface area contributed by atoms with Crippen LogP contribution in [0.25, 0.3) is 0 Å². The van der Waals surface area contributed by atoms with Gasteiger partial charge in [0.05, 0.1) is 11.0 Å². The van der Waals surface area contributed by atoms with Gasteiger partial charge in [-0.1, -0.05) is 31.6 Å². The highest BCUT2D eigenvalue weighted by atomic mass is 16.6. The Morgan fingerprint density at radius 3 is 2.87 bits per heavy atom. The molecule has 1 saturated carbocycles. The van der Waals surface area contributed by atoms with Crippen LogP contribution in [-0.4, -0.2) is 59.2 Å². The molecule has 2 aliphatic heterocycles. The molecule has 4 bridgehead atoms. The maximum Gasteiger partial charge on any atom is 0.165 e. The van der Waals surface area contributed by atoms with E-state index in [9.17, 15) is 10.2 Å². The van der Waals surface area contributed by atoms with Crippen LogP contribution in [0.15, 0.2) is 24.3 Å². The molecule has 0 amide bonds. The van der Waals surface area contributed by atoms with Crippen molar-refractivity contribution in [1.29, 1.82) is 0 Å². The molecule has 162 valence electrons. The normalized spacial score (nSPS) is 44.5. The zero-order valence-electron chi connectivity index (χ0n) is 18.4. The molecule has 6 aliphatic rings. The van der Waals surface area contributed by atoms with Crippen LogP contribution in [0.4, 0.5) is 0 Å². The summed E-state index contributed by atoms with van der Waals surface area (Å²) in [6, 6.07) is 4.23. The highest BCUT2D eigenvalue weighted by Crippen LogP contribution is 2.75. The number of methoxy groups -OCH3 is 1. The van der Waals surface area contributed by atoms with Crippen LogP contribution in [0.2, 0.25) is 0 Å². The molecular formula is C25H33NO4.